The third kappa shape index (κ3) is 3.13. The van der Waals surface area contributed by atoms with E-state index in [0.29, 0.717) is 6.54 Å². The monoisotopic (exact) mass is 251 g/mol. The fourth-order valence-electron chi connectivity index (χ4n) is 2.55. The second-order valence-electron chi connectivity index (χ2n) is 4.94. The van der Waals surface area contributed by atoms with Gasteiger partial charge in [0.15, 0.2) is 0 Å². The maximum atomic E-state index is 11.2. The molecule has 1 N–H and O–H groups in total. The number of likely N-dealkylation sites (tertiary alicyclic amines) is 1. The van der Waals surface area contributed by atoms with Crippen LogP contribution in [0.1, 0.15) is 44.1 Å². The van der Waals surface area contributed by atoms with E-state index in [0.717, 1.165) is 50.2 Å². The number of nitrogens with zero attached hydrogens (tertiary/aromatic N) is 1. The maximum Gasteiger partial charge on any atom is 0.320 e. The van der Waals surface area contributed by atoms with Gasteiger partial charge in [0.1, 0.15) is 17.6 Å². The number of carbonyl (C=O) groups is 1. The van der Waals surface area contributed by atoms with E-state index in [4.69, 9.17) is 4.42 Å². The summed E-state index contributed by atoms with van der Waals surface area (Å²) in [4.78, 5) is 13.2. The second kappa shape index (κ2) is 6.05. The molecule has 0 aliphatic carbocycles. The van der Waals surface area contributed by atoms with Gasteiger partial charge in [-0.2, -0.15) is 0 Å². The molecule has 4 nitrogen and oxygen atoms in total. The standard InChI is InChI=1S/C14H21NO3/c1-2-5-11-7-8-12(18-11)10-15-9-4-3-6-13(15)14(16)17/h7-8,13H,2-6,9-10H2,1H3,(H,16,17)/t13-/m0/s1. The summed E-state index contributed by atoms with van der Waals surface area (Å²) >= 11 is 0. The number of aliphatic carboxylic acids is 1. The van der Waals surface area contributed by atoms with E-state index in [2.05, 4.69) is 6.92 Å². The number of furan rings is 1. The Morgan fingerprint density at radius 1 is 1.44 bits per heavy atom. The van der Waals surface area contributed by atoms with Crippen LogP contribution >= 0.6 is 0 Å². The van der Waals surface area contributed by atoms with E-state index in [1.165, 1.54) is 0 Å². The Morgan fingerprint density at radius 2 is 2.22 bits per heavy atom. The van der Waals surface area contributed by atoms with E-state index in [-0.39, 0.29) is 6.04 Å². The predicted molar refractivity (Wildman–Crippen MR) is 68.4 cm³/mol. The first kappa shape index (κ1) is 13.1. The van der Waals surface area contributed by atoms with Crippen molar-refractivity contribution in [3.63, 3.8) is 0 Å². The molecule has 0 radical (unpaired) electrons. The largest absolute Gasteiger partial charge is 0.480 e. The van der Waals surface area contributed by atoms with Gasteiger partial charge in [-0.1, -0.05) is 13.3 Å². The van der Waals surface area contributed by atoms with Crippen molar-refractivity contribution < 1.29 is 14.3 Å². The Labute approximate surface area is 108 Å². The van der Waals surface area contributed by atoms with Crippen LogP contribution < -0.4 is 0 Å². The van der Waals surface area contributed by atoms with Gasteiger partial charge < -0.3 is 9.52 Å². The lowest BCUT2D eigenvalue weighted by molar-refractivity contribution is -0.145. The minimum Gasteiger partial charge on any atom is -0.480 e. The quantitative estimate of drug-likeness (QED) is 0.874. The average Bonchev–Trinajstić information content (AvgIpc) is 2.77. The maximum absolute atomic E-state index is 11.2. The lowest BCUT2D eigenvalue weighted by Gasteiger charge is -2.31. The molecule has 1 atom stereocenters. The molecule has 0 amide bonds. The molecule has 0 aromatic carbocycles. The minimum atomic E-state index is -0.713. The summed E-state index contributed by atoms with van der Waals surface area (Å²) in [5.74, 6) is 1.16. The molecule has 1 aromatic heterocycles. The topological polar surface area (TPSA) is 53.7 Å². The first-order chi connectivity index (χ1) is 8.70. The predicted octanol–water partition coefficient (Wildman–Crippen LogP) is 2.67. The molecule has 2 rings (SSSR count). The minimum absolute atomic E-state index is 0.349. The average molecular weight is 251 g/mol. The van der Waals surface area contributed by atoms with Crippen molar-refractivity contribution in [1.29, 1.82) is 0 Å². The number of piperidine rings is 1. The summed E-state index contributed by atoms with van der Waals surface area (Å²) in [6, 6.07) is 3.62. The summed E-state index contributed by atoms with van der Waals surface area (Å²) in [6.45, 7) is 3.58. The van der Waals surface area contributed by atoms with Crippen LogP contribution in [0, 0.1) is 0 Å². The summed E-state index contributed by atoms with van der Waals surface area (Å²) in [7, 11) is 0. The Hall–Kier alpha value is -1.29. The van der Waals surface area contributed by atoms with Gasteiger partial charge in [0.05, 0.1) is 6.54 Å². The summed E-state index contributed by atoms with van der Waals surface area (Å²) in [6.07, 6.45) is 4.84. The molecule has 0 bridgehead atoms. The van der Waals surface area contributed by atoms with Crippen LogP contribution in [-0.2, 0) is 17.8 Å². The smallest absolute Gasteiger partial charge is 0.320 e. The molecule has 4 heteroatoms. The van der Waals surface area contributed by atoms with E-state index >= 15 is 0 Å². The molecular formula is C14H21NO3. The van der Waals surface area contributed by atoms with Crippen molar-refractivity contribution >= 4 is 5.97 Å². The first-order valence-electron chi connectivity index (χ1n) is 6.75. The Bertz CT molecular complexity index is 399. The van der Waals surface area contributed by atoms with Crippen LogP contribution in [-0.4, -0.2) is 28.6 Å². The van der Waals surface area contributed by atoms with Crippen molar-refractivity contribution in [1.82, 2.24) is 4.90 Å². The van der Waals surface area contributed by atoms with Gasteiger partial charge in [0.2, 0.25) is 0 Å². The number of aryl methyl sites for hydroxylation is 1. The van der Waals surface area contributed by atoms with Gasteiger partial charge in [0, 0.05) is 6.42 Å². The van der Waals surface area contributed by atoms with E-state index in [1.54, 1.807) is 0 Å². The van der Waals surface area contributed by atoms with Gasteiger partial charge in [-0.05, 0) is 37.9 Å². The molecule has 2 heterocycles. The van der Waals surface area contributed by atoms with Crippen molar-refractivity contribution in [2.24, 2.45) is 0 Å². The van der Waals surface area contributed by atoms with E-state index in [1.807, 2.05) is 17.0 Å². The van der Waals surface area contributed by atoms with Gasteiger partial charge in [0.25, 0.3) is 0 Å². The van der Waals surface area contributed by atoms with Crippen molar-refractivity contribution in [2.45, 2.75) is 51.6 Å². The fourth-order valence-corrected chi connectivity index (χ4v) is 2.55. The highest BCUT2D eigenvalue weighted by Crippen LogP contribution is 2.21. The zero-order valence-electron chi connectivity index (χ0n) is 10.9. The Balaban J connectivity index is 1.99. The van der Waals surface area contributed by atoms with Crippen molar-refractivity contribution in [3.05, 3.63) is 23.7 Å². The second-order valence-corrected chi connectivity index (χ2v) is 4.94. The number of rotatable bonds is 5. The van der Waals surface area contributed by atoms with E-state index in [9.17, 15) is 9.90 Å². The van der Waals surface area contributed by atoms with Crippen molar-refractivity contribution in [3.8, 4) is 0 Å². The first-order valence-corrected chi connectivity index (χ1v) is 6.75. The van der Waals surface area contributed by atoms with Gasteiger partial charge in [-0.15, -0.1) is 0 Å². The highest BCUT2D eigenvalue weighted by atomic mass is 16.4. The molecular weight excluding hydrogens is 230 g/mol. The fraction of sp³-hybridized carbons (Fsp3) is 0.643. The molecule has 18 heavy (non-hydrogen) atoms. The summed E-state index contributed by atoms with van der Waals surface area (Å²) < 4.78 is 5.72. The molecule has 0 unspecified atom stereocenters. The summed E-state index contributed by atoms with van der Waals surface area (Å²) in [5, 5.41) is 9.20. The molecule has 1 aromatic rings. The lowest BCUT2D eigenvalue weighted by Crippen LogP contribution is -2.43. The van der Waals surface area contributed by atoms with Gasteiger partial charge in [-0.25, -0.2) is 0 Å². The molecule has 1 aliphatic rings. The molecule has 0 saturated carbocycles. The van der Waals surface area contributed by atoms with Crippen molar-refractivity contribution in [2.75, 3.05) is 6.54 Å². The van der Waals surface area contributed by atoms with Gasteiger partial charge in [-0.3, -0.25) is 9.69 Å². The zero-order valence-corrected chi connectivity index (χ0v) is 10.9. The number of hydrogen-bond acceptors (Lipinski definition) is 3. The number of carboxylic acids is 1. The molecule has 100 valence electrons. The van der Waals surface area contributed by atoms with Crippen LogP contribution in [0.5, 0.6) is 0 Å². The molecule has 1 fully saturated rings. The normalized spacial score (nSPS) is 21.1. The van der Waals surface area contributed by atoms with Crippen LogP contribution in [0.15, 0.2) is 16.5 Å². The lowest BCUT2D eigenvalue weighted by atomic mass is 10.0. The van der Waals surface area contributed by atoms with Gasteiger partial charge >= 0.3 is 5.97 Å². The number of hydrogen-bond donors (Lipinski definition) is 1. The SMILES string of the molecule is CCCc1ccc(CN2CCCC[C@H]2C(=O)O)o1. The Morgan fingerprint density at radius 3 is 2.94 bits per heavy atom. The molecule has 1 saturated heterocycles. The van der Waals surface area contributed by atoms with Crippen LogP contribution in [0.4, 0.5) is 0 Å². The summed E-state index contributed by atoms with van der Waals surface area (Å²) in [5.41, 5.74) is 0. The van der Waals surface area contributed by atoms with Crippen LogP contribution in [0.2, 0.25) is 0 Å². The van der Waals surface area contributed by atoms with E-state index < -0.39 is 5.97 Å². The third-order valence-corrected chi connectivity index (χ3v) is 3.47. The molecule has 1 aliphatic heterocycles. The zero-order chi connectivity index (χ0) is 13.0. The van der Waals surface area contributed by atoms with Crippen LogP contribution in [0.25, 0.3) is 0 Å². The molecule has 0 spiro atoms. The highest BCUT2D eigenvalue weighted by molar-refractivity contribution is 5.73. The number of carboxylic acid groups (broad SMARTS) is 1. The highest BCUT2D eigenvalue weighted by Gasteiger charge is 2.28. The van der Waals surface area contributed by atoms with Crippen LogP contribution in [0.3, 0.4) is 0 Å². The Kier molecular flexibility index (Phi) is 4.42. The third-order valence-electron chi connectivity index (χ3n) is 3.47.